The van der Waals surface area contributed by atoms with Crippen LogP contribution in [-0.2, 0) is 22.4 Å². The van der Waals surface area contributed by atoms with E-state index < -0.39 is 5.95 Å². The second-order valence-corrected chi connectivity index (χ2v) is 9.46. The van der Waals surface area contributed by atoms with Crippen LogP contribution in [0.3, 0.4) is 0 Å². The Kier molecular flexibility index (Phi) is 6.21. The third-order valence-corrected chi connectivity index (χ3v) is 6.80. The maximum absolute atomic E-state index is 13.1. The molecule has 4 aromatic rings. The molecule has 11 heteroatoms. The van der Waals surface area contributed by atoms with Gasteiger partial charge in [0.25, 0.3) is 0 Å². The fourth-order valence-corrected chi connectivity index (χ4v) is 5.00. The van der Waals surface area contributed by atoms with Crippen molar-refractivity contribution in [2.75, 3.05) is 30.4 Å². The van der Waals surface area contributed by atoms with Crippen LogP contribution in [0.4, 0.5) is 15.9 Å². The van der Waals surface area contributed by atoms with Crippen LogP contribution in [0.5, 0.6) is 0 Å². The van der Waals surface area contributed by atoms with E-state index >= 15 is 0 Å². The number of anilines is 2. The van der Waals surface area contributed by atoms with Crippen molar-refractivity contribution in [3.05, 3.63) is 54.0 Å². The Morgan fingerprint density at radius 2 is 2.08 bits per heavy atom. The van der Waals surface area contributed by atoms with Gasteiger partial charge in [0.2, 0.25) is 11.9 Å². The fourth-order valence-electron chi connectivity index (χ4n) is 5.00. The first-order valence-corrected chi connectivity index (χ1v) is 12.5. The Morgan fingerprint density at radius 3 is 2.89 bits per heavy atom. The van der Waals surface area contributed by atoms with Gasteiger partial charge in [-0.25, -0.2) is 19.6 Å². The molecule has 0 spiro atoms. The van der Waals surface area contributed by atoms with E-state index in [1.54, 1.807) is 6.20 Å². The third-order valence-electron chi connectivity index (χ3n) is 6.80. The summed E-state index contributed by atoms with van der Waals surface area (Å²) in [5.41, 5.74) is 4.06. The Morgan fingerprint density at radius 1 is 1.16 bits per heavy atom. The molecule has 2 aliphatic rings. The zero-order valence-electron chi connectivity index (χ0n) is 20.5. The van der Waals surface area contributed by atoms with Crippen molar-refractivity contribution in [2.24, 2.45) is 0 Å². The molecule has 0 aromatic carbocycles. The maximum atomic E-state index is 13.1. The van der Waals surface area contributed by atoms with Gasteiger partial charge in [0, 0.05) is 30.3 Å². The quantitative estimate of drug-likeness (QED) is 0.398. The van der Waals surface area contributed by atoms with Crippen molar-refractivity contribution in [1.82, 2.24) is 29.7 Å². The number of aromatic nitrogens is 6. The summed E-state index contributed by atoms with van der Waals surface area (Å²) in [4.78, 5) is 32.4. The van der Waals surface area contributed by atoms with Gasteiger partial charge in [-0.2, -0.15) is 9.49 Å². The molecular weight excluding hydrogens is 475 g/mol. The molecule has 0 saturated carbocycles. The number of pyridine rings is 2. The zero-order chi connectivity index (χ0) is 25.4. The molecule has 1 fully saturated rings. The monoisotopic (exact) mass is 502 g/mol. The summed E-state index contributed by atoms with van der Waals surface area (Å²) in [5.74, 6) is 0.396. The van der Waals surface area contributed by atoms with E-state index in [9.17, 15) is 9.18 Å². The highest BCUT2D eigenvalue weighted by Gasteiger charge is 2.24. The van der Waals surface area contributed by atoms with Crippen LogP contribution in [0.2, 0.25) is 0 Å². The summed E-state index contributed by atoms with van der Waals surface area (Å²) in [6, 6.07) is 4.64. The molecule has 1 saturated heterocycles. The summed E-state index contributed by atoms with van der Waals surface area (Å²) in [6.45, 7) is 0.816. The molecule has 1 aliphatic carbocycles. The topological polar surface area (TPSA) is 111 Å². The molecule has 10 nitrogen and oxygen atoms in total. The van der Waals surface area contributed by atoms with Crippen molar-refractivity contribution in [2.45, 2.75) is 44.8 Å². The largest absolute Gasteiger partial charge is 0.356 e. The van der Waals surface area contributed by atoms with Gasteiger partial charge < -0.3 is 15.0 Å². The number of ether oxygens (including phenoxy) is 1. The van der Waals surface area contributed by atoms with Crippen molar-refractivity contribution in [1.29, 1.82) is 0 Å². The van der Waals surface area contributed by atoms with E-state index in [1.807, 2.05) is 28.9 Å². The average molecular weight is 503 g/mol. The number of carbonyl (C=O) groups is 1. The Labute approximate surface area is 212 Å². The smallest absolute Gasteiger partial charge is 0.243 e. The Bertz CT molecular complexity index is 1450. The first-order valence-electron chi connectivity index (χ1n) is 12.5. The lowest BCUT2D eigenvalue weighted by Crippen LogP contribution is -2.31. The number of hydrogen-bond acceptors (Lipinski definition) is 8. The molecule has 0 radical (unpaired) electrons. The van der Waals surface area contributed by atoms with E-state index in [-0.39, 0.29) is 18.7 Å². The van der Waals surface area contributed by atoms with E-state index in [0.29, 0.717) is 17.2 Å². The van der Waals surface area contributed by atoms with Gasteiger partial charge in [0.15, 0.2) is 12.1 Å². The number of fused-ring (bicyclic) bond motifs is 2. The second-order valence-electron chi connectivity index (χ2n) is 9.46. The molecule has 1 aliphatic heterocycles. The summed E-state index contributed by atoms with van der Waals surface area (Å²) < 4.78 is 20.9. The van der Waals surface area contributed by atoms with E-state index in [2.05, 4.69) is 20.4 Å². The molecule has 1 atom stereocenters. The van der Waals surface area contributed by atoms with Gasteiger partial charge in [-0.05, 0) is 56.7 Å². The normalized spacial score (nSPS) is 17.1. The lowest BCUT2D eigenvalue weighted by atomic mass is 10.2. The first-order chi connectivity index (χ1) is 18.0. The number of likely N-dealkylation sites (N-methyl/N-ethyl adjacent to an activating group) is 1. The first kappa shape index (κ1) is 23.4. The van der Waals surface area contributed by atoms with Crippen LogP contribution < -0.4 is 10.2 Å². The molecule has 190 valence electrons. The van der Waals surface area contributed by atoms with Gasteiger partial charge in [0.05, 0.1) is 36.3 Å². The van der Waals surface area contributed by atoms with Gasteiger partial charge in [-0.15, -0.1) is 0 Å². The minimum Gasteiger partial charge on any atom is -0.356 e. The maximum Gasteiger partial charge on any atom is 0.243 e. The van der Waals surface area contributed by atoms with Gasteiger partial charge in [-0.3, -0.25) is 9.78 Å². The zero-order valence-corrected chi connectivity index (χ0v) is 20.5. The van der Waals surface area contributed by atoms with Crippen molar-refractivity contribution in [3.8, 4) is 11.5 Å². The predicted octanol–water partition coefficient (Wildman–Crippen LogP) is 3.69. The molecule has 1 amide bonds. The van der Waals surface area contributed by atoms with Gasteiger partial charge in [0.1, 0.15) is 11.5 Å². The standard InChI is InChI=1S/C26H27FN8O2/c1-34(15-23(36)31-17-8-9-22(27)29-13-17)26-18-5-4-6-19(18)32-25(33-26)20-11-16-12-30-35(21(16)14-28-20)24-7-2-3-10-37-24/h8-9,11-14,24H,2-7,10,15H2,1H3,(H,31,36). The van der Waals surface area contributed by atoms with E-state index in [0.717, 1.165) is 73.1 Å². The summed E-state index contributed by atoms with van der Waals surface area (Å²) >= 11 is 0. The SMILES string of the molecule is CN(CC(=O)Nc1ccc(F)nc1)c1nc(-c2cc3cnn(C4CCCCO4)c3cn2)nc2c1CCC2. The molecule has 5 heterocycles. The molecule has 0 bridgehead atoms. The molecule has 37 heavy (non-hydrogen) atoms. The van der Waals surface area contributed by atoms with E-state index in [4.69, 9.17) is 14.7 Å². The van der Waals surface area contributed by atoms with Crippen LogP contribution in [0.25, 0.3) is 22.4 Å². The highest BCUT2D eigenvalue weighted by atomic mass is 19.1. The van der Waals surface area contributed by atoms with E-state index in [1.165, 1.54) is 18.3 Å². The highest BCUT2D eigenvalue weighted by molar-refractivity contribution is 5.94. The lowest BCUT2D eigenvalue weighted by Gasteiger charge is -2.23. The van der Waals surface area contributed by atoms with Crippen LogP contribution >= 0.6 is 0 Å². The van der Waals surface area contributed by atoms with Crippen molar-refractivity contribution >= 4 is 28.3 Å². The van der Waals surface area contributed by atoms with Crippen LogP contribution in [-0.4, -0.2) is 55.8 Å². The number of rotatable bonds is 6. The minimum atomic E-state index is -0.597. The molecule has 1 N–H and O–H groups in total. The third kappa shape index (κ3) is 4.74. The summed E-state index contributed by atoms with van der Waals surface area (Å²) in [6.07, 6.45) is 10.7. The molecule has 4 aromatic heterocycles. The van der Waals surface area contributed by atoms with Crippen LogP contribution in [0, 0.1) is 5.95 Å². The summed E-state index contributed by atoms with van der Waals surface area (Å²) in [7, 11) is 1.83. The van der Waals surface area contributed by atoms with Crippen molar-refractivity contribution in [3.63, 3.8) is 0 Å². The number of halogens is 1. The average Bonchev–Trinajstić information content (AvgIpc) is 3.56. The Balaban J connectivity index is 1.26. The predicted molar refractivity (Wildman–Crippen MR) is 136 cm³/mol. The number of aryl methyl sites for hydroxylation is 1. The van der Waals surface area contributed by atoms with Crippen molar-refractivity contribution < 1.29 is 13.9 Å². The molecule has 1 unspecified atom stereocenters. The van der Waals surface area contributed by atoms with Crippen LogP contribution in [0.15, 0.2) is 36.8 Å². The van der Waals surface area contributed by atoms with Gasteiger partial charge in [-0.1, -0.05) is 0 Å². The van der Waals surface area contributed by atoms with Crippen LogP contribution in [0.1, 0.15) is 43.2 Å². The summed E-state index contributed by atoms with van der Waals surface area (Å²) in [5, 5.41) is 8.26. The second kappa shape index (κ2) is 9.81. The number of amides is 1. The van der Waals surface area contributed by atoms with Gasteiger partial charge >= 0.3 is 0 Å². The number of hydrogen-bond donors (Lipinski definition) is 1. The lowest BCUT2D eigenvalue weighted by molar-refractivity contribution is -0.114. The molecule has 6 rings (SSSR count). The number of nitrogens with zero attached hydrogens (tertiary/aromatic N) is 7. The number of carbonyl (C=O) groups excluding carboxylic acids is 1. The fraction of sp³-hybridized carbons (Fsp3) is 0.385. The highest BCUT2D eigenvalue weighted by Crippen LogP contribution is 2.32. The minimum absolute atomic E-state index is 0.0627. The Hall–Kier alpha value is -3.99. The number of nitrogens with one attached hydrogen (secondary N) is 1. The molecular formula is C26H27FN8O2.